The number of aryl methyl sites for hydroxylation is 1. The summed E-state index contributed by atoms with van der Waals surface area (Å²) < 4.78 is 0. The Morgan fingerprint density at radius 3 is 2.40 bits per heavy atom. The van der Waals surface area contributed by atoms with Gasteiger partial charge in [0.2, 0.25) is 0 Å². The van der Waals surface area contributed by atoms with E-state index >= 15 is 0 Å². The van der Waals surface area contributed by atoms with Crippen molar-refractivity contribution < 1.29 is 9.59 Å². The van der Waals surface area contributed by atoms with E-state index in [0.717, 1.165) is 12.0 Å². The molecular weight excluding hydrogens is 130 g/mol. The summed E-state index contributed by atoms with van der Waals surface area (Å²) in [5.41, 5.74) is 1.72. The fraction of sp³-hybridized carbons (Fsp3) is 0.143. The summed E-state index contributed by atoms with van der Waals surface area (Å²) in [5.74, 6) is 0. The van der Waals surface area contributed by atoms with Crippen LogP contribution >= 0.6 is 0 Å². The van der Waals surface area contributed by atoms with Crippen molar-refractivity contribution in [3.05, 3.63) is 23.0 Å². The van der Waals surface area contributed by atoms with E-state index in [4.69, 9.17) is 0 Å². The van der Waals surface area contributed by atoms with E-state index in [1.807, 2.05) is 0 Å². The van der Waals surface area contributed by atoms with Gasteiger partial charge < -0.3 is 4.98 Å². The molecule has 0 aliphatic rings. The van der Waals surface area contributed by atoms with E-state index in [1.54, 1.807) is 6.92 Å². The lowest BCUT2D eigenvalue weighted by molar-refractivity contribution is 0.111. The number of aromatic amines is 1. The van der Waals surface area contributed by atoms with E-state index < -0.39 is 0 Å². The maximum absolute atomic E-state index is 10.2. The van der Waals surface area contributed by atoms with Crippen LogP contribution in [-0.4, -0.2) is 17.6 Å². The topological polar surface area (TPSA) is 49.9 Å². The highest BCUT2D eigenvalue weighted by molar-refractivity contribution is 5.82. The van der Waals surface area contributed by atoms with Crippen molar-refractivity contribution >= 4 is 12.6 Å². The van der Waals surface area contributed by atoms with E-state index in [2.05, 4.69) is 4.98 Å². The Morgan fingerprint density at radius 2 is 2.10 bits per heavy atom. The van der Waals surface area contributed by atoms with E-state index in [-0.39, 0.29) is 0 Å². The Morgan fingerprint density at radius 1 is 1.40 bits per heavy atom. The van der Waals surface area contributed by atoms with E-state index in [1.165, 1.54) is 6.07 Å². The molecule has 52 valence electrons. The molecule has 0 bridgehead atoms. The van der Waals surface area contributed by atoms with Crippen LogP contribution in [0.15, 0.2) is 6.07 Å². The Bertz CT molecular complexity index is 263. The summed E-state index contributed by atoms with van der Waals surface area (Å²) in [7, 11) is 0. The third-order valence-corrected chi connectivity index (χ3v) is 1.33. The van der Waals surface area contributed by atoms with Crippen LogP contribution in [0.4, 0.5) is 0 Å². The summed E-state index contributed by atoms with van der Waals surface area (Å²) in [6.45, 7) is 1.75. The SMILES string of the molecule is Cc1[nH]c(C=O)cc1C=O. The largest absolute Gasteiger partial charge is 0.356 e. The lowest BCUT2D eigenvalue weighted by Gasteiger charge is -1.81. The van der Waals surface area contributed by atoms with Crippen molar-refractivity contribution in [3.8, 4) is 0 Å². The molecule has 10 heavy (non-hydrogen) atoms. The highest BCUT2D eigenvalue weighted by Crippen LogP contribution is 2.04. The second kappa shape index (κ2) is 2.47. The van der Waals surface area contributed by atoms with Crippen molar-refractivity contribution in [2.75, 3.05) is 0 Å². The van der Waals surface area contributed by atoms with E-state index in [9.17, 15) is 9.59 Å². The maximum Gasteiger partial charge on any atom is 0.166 e. The van der Waals surface area contributed by atoms with Crippen LogP contribution in [0, 0.1) is 6.92 Å². The number of nitrogens with one attached hydrogen (secondary N) is 1. The number of aldehydes is 2. The first-order chi connectivity index (χ1) is 4.77. The zero-order chi connectivity index (χ0) is 7.56. The molecule has 0 radical (unpaired) electrons. The maximum atomic E-state index is 10.2. The predicted octanol–water partition coefficient (Wildman–Crippen LogP) is 0.948. The van der Waals surface area contributed by atoms with Gasteiger partial charge in [0.25, 0.3) is 0 Å². The van der Waals surface area contributed by atoms with Gasteiger partial charge >= 0.3 is 0 Å². The molecule has 1 aromatic rings. The zero-order valence-electron chi connectivity index (χ0n) is 5.55. The molecule has 0 atom stereocenters. The first-order valence-electron chi connectivity index (χ1n) is 2.88. The van der Waals surface area contributed by atoms with Crippen molar-refractivity contribution in [1.82, 2.24) is 4.98 Å². The van der Waals surface area contributed by atoms with Crippen LogP contribution in [0.2, 0.25) is 0 Å². The number of H-pyrrole nitrogens is 1. The zero-order valence-corrected chi connectivity index (χ0v) is 5.55. The summed E-state index contributed by atoms with van der Waals surface area (Å²) in [4.78, 5) is 23.1. The van der Waals surface area contributed by atoms with Crippen molar-refractivity contribution in [2.45, 2.75) is 6.92 Å². The molecule has 1 rings (SSSR count). The van der Waals surface area contributed by atoms with Crippen LogP contribution in [0.1, 0.15) is 26.5 Å². The molecule has 0 saturated carbocycles. The van der Waals surface area contributed by atoms with Gasteiger partial charge in [-0.1, -0.05) is 0 Å². The lowest BCUT2D eigenvalue weighted by atomic mass is 10.3. The van der Waals surface area contributed by atoms with Crippen LogP contribution in [-0.2, 0) is 0 Å². The molecule has 0 fully saturated rings. The van der Waals surface area contributed by atoms with Crippen LogP contribution < -0.4 is 0 Å². The number of hydrogen-bond donors (Lipinski definition) is 1. The number of carbonyl (C=O) groups excluding carboxylic acids is 2. The Balaban J connectivity index is 3.15. The van der Waals surface area contributed by atoms with Crippen molar-refractivity contribution in [3.63, 3.8) is 0 Å². The number of hydrogen-bond acceptors (Lipinski definition) is 2. The molecule has 1 aromatic heterocycles. The Labute approximate surface area is 58.1 Å². The number of rotatable bonds is 2. The van der Waals surface area contributed by atoms with Gasteiger partial charge in [-0.3, -0.25) is 9.59 Å². The molecule has 3 nitrogen and oxygen atoms in total. The summed E-state index contributed by atoms with van der Waals surface area (Å²) in [6, 6.07) is 1.52. The van der Waals surface area contributed by atoms with Gasteiger partial charge in [0.1, 0.15) is 0 Å². The minimum Gasteiger partial charge on any atom is -0.356 e. The first kappa shape index (κ1) is 6.74. The summed E-state index contributed by atoms with van der Waals surface area (Å²) in [5, 5.41) is 0. The van der Waals surface area contributed by atoms with Gasteiger partial charge in [0.05, 0.1) is 5.69 Å². The van der Waals surface area contributed by atoms with Gasteiger partial charge in [-0.2, -0.15) is 0 Å². The molecule has 1 heterocycles. The molecule has 0 amide bonds. The second-order valence-corrected chi connectivity index (χ2v) is 2.04. The fourth-order valence-corrected chi connectivity index (χ4v) is 0.786. The Kier molecular flexibility index (Phi) is 1.67. The third kappa shape index (κ3) is 0.978. The Hall–Kier alpha value is -1.38. The number of carbonyl (C=O) groups is 2. The highest BCUT2D eigenvalue weighted by Gasteiger charge is 2.00. The first-order valence-corrected chi connectivity index (χ1v) is 2.88. The summed E-state index contributed by atoms with van der Waals surface area (Å²) in [6.07, 6.45) is 1.40. The molecule has 0 unspecified atom stereocenters. The monoisotopic (exact) mass is 137 g/mol. The predicted molar refractivity (Wildman–Crippen MR) is 36.3 cm³/mol. The van der Waals surface area contributed by atoms with Crippen molar-refractivity contribution in [2.24, 2.45) is 0 Å². The minimum absolute atomic E-state index is 0.444. The lowest BCUT2D eigenvalue weighted by Crippen LogP contribution is -1.78. The molecule has 1 N–H and O–H groups in total. The minimum atomic E-state index is 0.444. The van der Waals surface area contributed by atoms with Crippen LogP contribution in [0.3, 0.4) is 0 Å². The van der Waals surface area contributed by atoms with Gasteiger partial charge in [-0.25, -0.2) is 0 Å². The molecule has 0 aliphatic heterocycles. The van der Waals surface area contributed by atoms with Gasteiger partial charge in [0, 0.05) is 11.3 Å². The average Bonchev–Trinajstić information content (AvgIpc) is 2.30. The fourth-order valence-electron chi connectivity index (χ4n) is 0.786. The molecule has 0 aromatic carbocycles. The van der Waals surface area contributed by atoms with Gasteiger partial charge in [-0.05, 0) is 13.0 Å². The van der Waals surface area contributed by atoms with Gasteiger partial charge in [-0.15, -0.1) is 0 Å². The standard InChI is InChI=1S/C7H7NO2/c1-5-6(3-9)2-7(4-10)8-5/h2-4,8H,1H3. The quantitative estimate of drug-likeness (QED) is 0.617. The smallest absolute Gasteiger partial charge is 0.166 e. The molecular formula is C7H7NO2. The summed E-state index contributed by atoms with van der Waals surface area (Å²) >= 11 is 0. The second-order valence-electron chi connectivity index (χ2n) is 2.04. The highest BCUT2D eigenvalue weighted by atomic mass is 16.1. The third-order valence-electron chi connectivity index (χ3n) is 1.33. The van der Waals surface area contributed by atoms with Crippen molar-refractivity contribution in [1.29, 1.82) is 0 Å². The van der Waals surface area contributed by atoms with Crippen LogP contribution in [0.25, 0.3) is 0 Å². The van der Waals surface area contributed by atoms with E-state index in [0.29, 0.717) is 17.5 Å². The molecule has 0 spiro atoms. The normalized spacial score (nSPS) is 9.30. The van der Waals surface area contributed by atoms with Gasteiger partial charge in [0.15, 0.2) is 12.6 Å². The molecule has 0 aliphatic carbocycles. The molecule has 0 saturated heterocycles. The average molecular weight is 137 g/mol. The van der Waals surface area contributed by atoms with Crippen LogP contribution in [0.5, 0.6) is 0 Å². The molecule has 3 heteroatoms. The number of aromatic nitrogens is 1.